The van der Waals surface area contributed by atoms with Crippen molar-refractivity contribution < 1.29 is 9.53 Å². The minimum Gasteiger partial charge on any atom is -0.460 e. The first-order chi connectivity index (χ1) is 4.83. The Kier molecular flexibility index (Phi) is 2.38. The number of rotatable bonds is 3. The Morgan fingerprint density at radius 2 is 2.60 bits per heavy atom. The normalized spacial score (nSPS) is 9.30. The summed E-state index contributed by atoms with van der Waals surface area (Å²) >= 11 is 3.03. The molecule has 0 saturated heterocycles. The summed E-state index contributed by atoms with van der Waals surface area (Å²) in [4.78, 5) is 13.5. The number of halogens is 1. The van der Waals surface area contributed by atoms with Crippen molar-refractivity contribution in [3.63, 3.8) is 0 Å². The van der Waals surface area contributed by atoms with Gasteiger partial charge < -0.3 is 4.74 Å². The van der Waals surface area contributed by atoms with Crippen molar-refractivity contribution >= 4 is 22.4 Å². The summed E-state index contributed by atoms with van der Waals surface area (Å²) in [5.41, 5.74) is 0. The minimum atomic E-state index is 0.127. The molecule has 0 aromatic carbocycles. The molecule has 0 bridgehead atoms. The second-order valence-corrected chi connectivity index (χ2v) is 2.17. The summed E-state index contributed by atoms with van der Waals surface area (Å²) in [6.45, 7) is 0.485. The number of carbonyl (C=O) groups excluding carboxylic acids is 1. The third-order valence-corrected chi connectivity index (χ3v) is 1.15. The van der Waals surface area contributed by atoms with Gasteiger partial charge >= 0.3 is 0 Å². The molecule has 0 aliphatic heterocycles. The number of aromatic amines is 1. The van der Waals surface area contributed by atoms with Gasteiger partial charge in [-0.25, -0.2) is 4.98 Å². The fourth-order valence-electron chi connectivity index (χ4n) is 0.450. The van der Waals surface area contributed by atoms with Gasteiger partial charge in [-0.2, -0.15) is 0 Å². The summed E-state index contributed by atoms with van der Waals surface area (Å²) < 4.78 is 4.85. The highest BCUT2D eigenvalue weighted by atomic mass is 79.9. The van der Waals surface area contributed by atoms with Crippen LogP contribution in [0.5, 0.6) is 0 Å². The van der Waals surface area contributed by atoms with Gasteiger partial charge in [0.25, 0.3) is 6.47 Å². The van der Waals surface area contributed by atoms with Crippen LogP contribution in [0, 0.1) is 0 Å². The largest absolute Gasteiger partial charge is 0.460 e. The Hall–Kier alpha value is -0.910. The first kappa shape index (κ1) is 7.20. The number of hydrogen-bond donors (Lipinski definition) is 1. The SMILES string of the molecule is O=COCc1nc(Br)n[nH]1. The average molecular weight is 206 g/mol. The minimum absolute atomic E-state index is 0.127. The molecule has 0 amide bonds. The molecule has 0 aliphatic carbocycles. The molecule has 0 radical (unpaired) electrons. The van der Waals surface area contributed by atoms with Crippen molar-refractivity contribution in [2.45, 2.75) is 6.61 Å². The van der Waals surface area contributed by atoms with Gasteiger partial charge in [0.2, 0.25) is 4.73 Å². The van der Waals surface area contributed by atoms with Gasteiger partial charge in [0.1, 0.15) is 0 Å². The summed E-state index contributed by atoms with van der Waals surface area (Å²) in [6, 6.07) is 0. The van der Waals surface area contributed by atoms with Gasteiger partial charge in [-0.05, 0) is 15.9 Å². The van der Waals surface area contributed by atoms with Crippen LogP contribution in [0.2, 0.25) is 0 Å². The second kappa shape index (κ2) is 3.31. The van der Waals surface area contributed by atoms with Gasteiger partial charge in [0, 0.05) is 0 Å². The second-order valence-electron chi connectivity index (χ2n) is 1.46. The van der Waals surface area contributed by atoms with Crippen LogP contribution in [0.25, 0.3) is 0 Å². The van der Waals surface area contributed by atoms with Crippen LogP contribution in [-0.4, -0.2) is 21.7 Å². The van der Waals surface area contributed by atoms with Crippen LogP contribution in [-0.2, 0) is 16.1 Å². The summed E-state index contributed by atoms with van der Waals surface area (Å²) in [5.74, 6) is 0.513. The zero-order chi connectivity index (χ0) is 7.40. The highest BCUT2D eigenvalue weighted by Crippen LogP contribution is 2.00. The molecule has 1 heterocycles. The Balaban J connectivity index is 2.49. The summed E-state index contributed by atoms with van der Waals surface area (Å²) in [7, 11) is 0. The molecule has 0 fully saturated rings. The molecule has 0 unspecified atom stereocenters. The number of hydrogen-bond acceptors (Lipinski definition) is 4. The van der Waals surface area contributed by atoms with Gasteiger partial charge in [0.05, 0.1) is 0 Å². The molecule has 1 aromatic heterocycles. The van der Waals surface area contributed by atoms with Crippen LogP contribution in [0.3, 0.4) is 0 Å². The fourth-order valence-corrected chi connectivity index (χ4v) is 0.752. The molecule has 0 aliphatic rings. The molecule has 1 aromatic rings. The first-order valence-electron chi connectivity index (χ1n) is 2.45. The molecule has 1 N–H and O–H groups in total. The topological polar surface area (TPSA) is 67.9 Å². The van der Waals surface area contributed by atoms with Crippen molar-refractivity contribution in [1.29, 1.82) is 0 Å². The van der Waals surface area contributed by atoms with Crippen LogP contribution in [0.15, 0.2) is 4.73 Å². The zero-order valence-electron chi connectivity index (χ0n) is 4.87. The van der Waals surface area contributed by atoms with E-state index in [4.69, 9.17) is 0 Å². The summed E-state index contributed by atoms with van der Waals surface area (Å²) in [6.07, 6.45) is 0. The highest BCUT2D eigenvalue weighted by Gasteiger charge is 1.97. The van der Waals surface area contributed by atoms with E-state index >= 15 is 0 Å². The van der Waals surface area contributed by atoms with E-state index in [9.17, 15) is 4.79 Å². The van der Waals surface area contributed by atoms with Gasteiger partial charge in [-0.3, -0.25) is 9.89 Å². The monoisotopic (exact) mass is 205 g/mol. The van der Waals surface area contributed by atoms with E-state index < -0.39 is 0 Å². The van der Waals surface area contributed by atoms with Crippen LogP contribution < -0.4 is 0 Å². The summed E-state index contributed by atoms with van der Waals surface area (Å²) in [5, 5.41) is 6.20. The highest BCUT2D eigenvalue weighted by molar-refractivity contribution is 9.10. The van der Waals surface area contributed by atoms with Crippen molar-refractivity contribution in [3.05, 3.63) is 10.6 Å². The van der Waals surface area contributed by atoms with Crippen molar-refractivity contribution in [3.8, 4) is 0 Å². The molecule has 0 atom stereocenters. The van der Waals surface area contributed by atoms with E-state index in [1.165, 1.54) is 0 Å². The standard InChI is InChI=1S/C4H4BrN3O2/c5-4-6-3(7-8-4)1-10-2-9/h2H,1H2,(H,6,7,8). The van der Waals surface area contributed by atoms with Crippen molar-refractivity contribution in [1.82, 2.24) is 15.2 Å². The van der Waals surface area contributed by atoms with E-state index in [1.54, 1.807) is 0 Å². The maximum atomic E-state index is 9.69. The Bertz CT molecular complexity index is 224. The van der Waals surface area contributed by atoms with E-state index in [0.717, 1.165) is 0 Å². The Labute approximate surface area is 64.9 Å². The lowest BCUT2D eigenvalue weighted by atomic mass is 10.7. The Morgan fingerprint density at radius 1 is 1.80 bits per heavy atom. The number of nitrogens with one attached hydrogen (secondary N) is 1. The smallest absolute Gasteiger partial charge is 0.293 e. The molecular formula is C4H4BrN3O2. The molecule has 0 spiro atoms. The van der Waals surface area contributed by atoms with Gasteiger partial charge in [-0.1, -0.05) is 0 Å². The van der Waals surface area contributed by atoms with Gasteiger partial charge in [-0.15, -0.1) is 5.10 Å². The molecule has 54 valence electrons. The number of aromatic nitrogens is 3. The average Bonchev–Trinajstić information content (AvgIpc) is 2.31. The van der Waals surface area contributed by atoms with E-state index in [1.807, 2.05) is 0 Å². The molecule has 1 rings (SSSR count). The molecule has 10 heavy (non-hydrogen) atoms. The Morgan fingerprint density at radius 3 is 3.10 bits per heavy atom. The molecule has 5 nitrogen and oxygen atoms in total. The van der Waals surface area contributed by atoms with Crippen molar-refractivity contribution in [2.75, 3.05) is 0 Å². The van der Waals surface area contributed by atoms with Crippen LogP contribution in [0.1, 0.15) is 5.82 Å². The maximum absolute atomic E-state index is 9.69. The molecular weight excluding hydrogens is 202 g/mol. The number of ether oxygens (including phenoxy) is 1. The van der Waals surface area contributed by atoms with Crippen molar-refractivity contribution in [2.24, 2.45) is 0 Å². The number of nitrogens with zero attached hydrogens (tertiary/aromatic N) is 2. The molecule has 6 heteroatoms. The predicted molar refractivity (Wildman–Crippen MR) is 34.9 cm³/mol. The quantitative estimate of drug-likeness (QED) is 0.719. The fraction of sp³-hybridized carbons (Fsp3) is 0.250. The van der Waals surface area contributed by atoms with Gasteiger partial charge in [0.15, 0.2) is 12.4 Å². The first-order valence-corrected chi connectivity index (χ1v) is 3.24. The lowest BCUT2D eigenvalue weighted by Crippen LogP contribution is -1.91. The zero-order valence-corrected chi connectivity index (χ0v) is 6.46. The predicted octanol–water partition coefficient (Wildman–Crippen LogP) is 0.240. The number of carbonyl (C=O) groups is 1. The number of H-pyrrole nitrogens is 1. The van der Waals surface area contributed by atoms with Crippen LogP contribution >= 0.6 is 15.9 Å². The van der Waals surface area contributed by atoms with E-state index in [0.29, 0.717) is 17.0 Å². The maximum Gasteiger partial charge on any atom is 0.293 e. The lowest BCUT2D eigenvalue weighted by molar-refractivity contribution is -0.130. The van der Waals surface area contributed by atoms with Crippen LogP contribution in [0.4, 0.5) is 0 Å². The third-order valence-electron chi connectivity index (χ3n) is 0.793. The van der Waals surface area contributed by atoms with E-state index in [-0.39, 0.29) is 6.61 Å². The third kappa shape index (κ3) is 1.80. The molecule has 0 saturated carbocycles. The lowest BCUT2D eigenvalue weighted by Gasteiger charge is -1.89. The van der Waals surface area contributed by atoms with E-state index in [2.05, 4.69) is 35.8 Å².